The Bertz CT molecular complexity index is 768. The molecule has 3 aromatic rings. The Balaban J connectivity index is 2.07. The third kappa shape index (κ3) is 3.10. The molecule has 0 radical (unpaired) electrons. The smallest absolute Gasteiger partial charge is 0.123 e. The first-order chi connectivity index (χ1) is 10.1. The molecule has 0 amide bonds. The van der Waals surface area contributed by atoms with Gasteiger partial charge in [0, 0.05) is 14.7 Å². The fraction of sp³-hybridized carbons (Fsp3) is 0. The van der Waals surface area contributed by atoms with E-state index in [9.17, 15) is 8.78 Å². The van der Waals surface area contributed by atoms with Crippen LogP contribution in [-0.2, 0) is 0 Å². The zero-order chi connectivity index (χ0) is 14.8. The number of rotatable bonds is 2. The lowest BCUT2D eigenvalue weighted by Crippen LogP contribution is -1.92. The summed E-state index contributed by atoms with van der Waals surface area (Å²) < 4.78 is 27.0. The molecule has 1 heterocycles. The largest absolute Gasteiger partial charge is 0.247 e. The molecular weight excluding hydrogens is 383 g/mol. The van der Waals surface area contributed by atoms with Gasteiger partial charge in [-0.15, -0.1) is 0 Å². The van der Waals surface area contributed by atoms with Crippen LogP contribution < -0.4 is 0 Å². The second-order valence-corrected chi connectivity index (χ2v) is 5.70. The van der Waals surface area contributed by atoms with Crippen LogP contribution in [0.15, 0.2) is 60.7 Å². The van der Waals surface area contributed by atoms with Gasteiger partial charge in [-0.25, -0.2) is 13.8 Å². The quantitative estimate of drug-likeness (QED) is 0.539. The fourth-order valence-electron chi connectivity index (χ4n) is 2.03. The Hall–Kier alpha value is -1.82. The van der Waals surface area contributed by atoms with Crippen molar-refractivity contribution in [3.05, 3.63) is 75.9 Å². The average Bonchev–Trinajstić information content (AvgIpc) is 2.50. The number of halogens is 3. The molecular formula is C17H10F2IN. The van der Waals surface area contributed by atoms with E-state index in [0.29, 0.717) is 0 Å². The third-order valence-corrected chi connectivity index (χ3v) is 3.97. The molecule has 2 aromatic carbocycles. The zero-order valence-electron chi connectivity index (χ0n) is 10.9. The predicted octanol–water partition coefficient (Wildman–Crippen LogP) is 5.30. The lowest BCUT2D eigenvalue weighted by Gasteiger charge is -2.08. The molecule has 21 heavy (non-hydrogen) atoms. The van der Waals surface area contributed by atoms with Crippen molar-refractivity contribution < 1.29 is 8.78 Å². The minimum atomic E-state index is -0.275. The molecule has 0 fully saturated rings. The van der Waals surface area contributed by atoms with Gasteiger partial charge in [0.1, 0.15) is 11.6 Å². The maximum absolute atomic E-state index is 13.0. The summed E-state index contributed by atoms with van der Waals surface area (Å²) in [5.74, 6) is -0.550. The molecule has 0 unspecified atom stereocenters. The minimum absolute atomic E-state index is 0.275. The van der Waals surface area contributed by atoms with Crippen molar-refractivity contribution in [1.82, 2.24) is 4.98 Å². The molecule has 0 atom stereocenters. The van der Waals surface area contributed by atoms with Gasteiger partial charge in [0.25, 0.3) is 0 Å². The van der Waals surface area contributed by atoms with Crippen LogP contribution >= 0.6 is 22.6 Å². The van der Waals surface area contributed by atoms with Crippen LogP contribution in [0.3, 0.4) is 0 Å². The zero-order valence-corrected chi connectivity index (χ0v) is 13.0. The van der Waals surface area contributed by atoms with Gasteiger partial charge in [-0.1, -0.05) is 0 Å². The molecule has 0 saturated carbocycles. The molecule has 0 aliphatic rings. The van der Waals surface area contributed by atoms with E-state index in [-0.39, 0.29) is 11.6 Å². The summed E-state index contributed by atoms with van der Waals surface area (Å²) in [7, 11) is 0. The SMILES string of the molecule is Fc1ccc(-c2ccc(I)c(-c3ccc(F)cc3)n2)cc1. The Labute approximate surface area is 134 Å². The molecule has 0 aliphatic heterocycles. The van der Waals surface area contributed by atoms with Crippen molar-refractivity contribution >= 4 is 22.6 Å². The lowest BCUT2D eigenvalue weighted by molar-refractivity contribution is 0.627. The van der Waals surface area contributed by atoms with Gasteiger partial charge in [0.2, 0.25) is 0 Å². The standard InChI is InChI=1S/C17H10F2IN/c18-13-5-1-11(2-6-13)16-10-9-15(20)17(21-16)12-3-7-14(19)8-4-12/h1-10H. The monoisotopic (exact) mass is 393 g/mol. The van der Waals surface area contributed by atoms with Gasteiger partial charge < -0.3 is 0 Å². The Morgan fingerprint density at radius 2 is 1.19 bits per heavy atom. The summed E-state index contributed by atoms with van der Waals surface area (Å²) in [4.78, 5) is 4.62. The van der Waals surface area contributed by atoms with E-state index in [1.165, 1.54) is 24.3 Å². The first-order valence-corrected chi connectivity index (χ1v) is 7.40. The number of benzene rings is 2. The summed E-state index contributed by atoms with van der Waals surface area (Å²) in [6.45, 7) is 0. The van der Waals surface area contributed by atoms with Crippen LogP contribution in [0.25, 0.3) is 22.5 Å². The number of hydrogen-bond donors (Lipinski definition) is 0. The van der Waals surface area contributed by atoms with E-state index >= 15 is 0 Å². The van der Waals surface area contributed by atoms with Crippen molar-refractivity contribution in [3.63, 3.8) is 0 Å². The van der Waals surface area contributed by atoms with Gasteiger partial charge in [-0.2, -0.15) is 0 Å². The van der Waals surface area contributed by atoms with Crippen molar-refractivity contribution in [3.8, 4) is 22.5 Å². The molecule has 0 N–H and O–H groups in total. The van der Waals surface area contributed by atoms with E-state index in [4.69, 9.17) is 0 Å². The van der Waals surface area contributed by atoms with Crippen molar-refractivity contribution in [2.24, 2.45) is 0 Å². The minimum Gasteiger partial charge on any atom is -0.247 e. The van der Waals surface area contributed by atoms with Gasteiger partial charge in [-0.3, -0.25) is 0 Å². The molecule has 0 aliphatic carbocycles. The predicted molar refractivity (Wildman–Crippen MR) is 87.7 cm³/mol. The van der Waals surface area contributed by atoms with Gasteiger partial charge in [0.15, 0.2) is 0 Å². The van der Waals surface area contributed by atoms with E-state index < -0.39 is 0 Å². The summed E-state index contributed by atoms with van der Waals surface area (Å²) in [5.41, 5.74) is 3.24. The first kappa shape index (κ1) is 14.1. The molecule has 0 spiro atoms. The highest BCUT2D eigenvalue weighted by atomic mass is 127. The van der Waals surface area contributed by atoms with Crippen LogP contribution in [0.5, 0.6) is 0 Å². The van der Waals surface area contributed by atoms with Crippen LogP contribution in [0.1, 0.15) is 0 Å². The molecule has 3 rings (SSSR count). The maximum Gasteiger partial charge on any atom is 0.123 e. The van der Waals surface area contributed by atoms with Crippen molar-refractivity contribution in [2.45, 2.75) is 0 Å². The lowest BCUT2D eigenvalue weighted by atomic mass is 10.1. The van der Waals surface area contributed by atoms with Gasteiger partial charge >= 0.3 is 0 Å². The summed E-state index contributed by atoms with van der Waals surface area (Å²) >= 11 is 2.20. The van der Waals surface area contributed by atoms with Crippen molar-refractivity contribution in [2.75, 3.05) is 0 Å². The molecule has 4 heteroatoms. The molecule has 0 saturated heterocycles. The highest BCUT2D eigenvalue weighted by Gasteiger charge is 2.08. The van der Waals surface area contributed by atoms with E-state index in [2.05, 4.69) is 27.6 Å². The van der Waals surface area contributed by atoms with Gasteiger partial charge in [-0.05, 0) is 83.3 Å². The number of hydrogen-bond acceptors (Lipinski definition) is 1. The molecule has 1 nitrogen and oxygen atoms in total. The number of aromatic nitrogens is 1. The first-order valence-electron chi connectivity index (χ1n) is 6.32. The number of nitrogens with zero attached hydrogens (tertiary/aromatic N) is 1. The second-order valence-electron chi connectivity index (χ2n) is 4.54. The van der Waals surface area contributed by atoms with Crippen molar-refractivity contribution in [1.29, 1.82) is 0 Å². The maximum atomic E-state index is 13.0. The average molecular weight is 393 g/mol. The Kier molecular flexibility index (Phi) is 3.96. The van der Waals surface area contributed by atoms with Crippen LogP contribution in [0.4, 0.5) is 8.78 Å². The topological polar surface area (TPSA) is 12.9 Å². The summed E-state index contributed by atoms with van der Waals surface area (Å²) in [6, 6.07) is 16.3. The summed E-state index contributed by atoms with van der Waals surface area (Å²) in [6.07, 6.45) is 0. The van der Waals surface area contributed by atoms with Crippen LogP contribution in [0, 0.1) is 15.2 Å². The summed E-state index contributed by atoms with van der Waals surface area (Å²) in [5, 5.41) is 0. The third-order valence-electron chi connectivity index (χ3n) is 3.10. The highest BCUT2D eigenvalue weighted by molar-refractivity contribution is 14.1. The normalized spacial score (nSPS) is 10.6. The molecule has 1 aromatic heterocycles. The fourth-order valence-corrected chi connectivity index (χ4v) is 2.65. The second kappa shape index (κ2) is 5.89. The molecule has 104 valence electrons. The van der Waals surface area contributed by atoms with Gasteiger partial charge in [0.05, 0.1) is 11.4 Å². The Morgan fingerprint density at radius 3 is 1.76 bits per heavy atom. The van der Waals surface area contributed by atoms with E-state index in [1.54, 1.807) is 24.3 Å². The Morgan fingerprint density at radius 1 is 0.667 bits per heavy atom. The van der Waals surface area contributed by atoms with Crippen LogP contribution in [0.2, 0.25) is 0 Å². The highest BCUT2D eigenvalue weighted by Crippen LogP contribution is 2.27. The number of pyridine rings is 1. The molecule has 0 bridgehead atoms. The van der Waals surface area contributed by atoms with Crippen LogP contribution in [-0.4, -0.2) is 4.98 Å². The van der Waals surface area contributed by atoms with E-state index in [0.717, 1.165) is 26.1 Å². The van der Waals surface area contributed by atoms with E-state index in [1.807, 2.05) is 12.1 Å².